The van der Waals surface area contributed by atoms with E-state index in [1.165, 1.54) is 5.56 Å². The van der Waals surface area contributed by atoms with Crippen molar-refractivity contribution in [3.8, 4) is 0 Å². The zero-order chi connectivity index (χ0) is 12.1. The predicted molar refractivity (Wildman–Crippen MR) is 72.4 cm³/mol. The van der Waals surface area contributed by atoms with Crippen LogP contribution in [0, 0.1) is 0 Å². The van der Waals surface area contributed by atoms with E-state index in [1.807, 2.05) is 37.9 Å². The largest absolute Gasteiger partial charge is 0.370 e. The average molecular weight is 284 g/mol. The minimum Gasteiger partial charge on any atom is -0.370 e. The van der Waals surface area contributed by atoms with Gasteiger partial charge in [0.15, 0.2) is 5.96 Å². The molecule has 0 aromatic heterocycles. The third kappa shape index (κ3) is 4.23. The number of hydrogen-bond acceptors (Lipinski definition) is 1. The molecule has 0 aliphatic rings. The monoisotopic (exact) mass is 283 g/mol. The van der Waals surface area contributed by atoms with Crippen LogP contribution in [0.25, 0.3) is 0 Å². The average Bonchev–Trinajstić information content (AvgIpc) is 2.16. The fourth-order valence-electron chi connectivity index (χ4n) is 1.35. The SMILES string of the molecule is CC(C)N=C(N)N(C)Cc1cccc(Br)c1. The Morgan fingerprint density at radius 1 is 1.50 bits per heavy atom. The second kappa shape index (κ2) is 5.89. The normalized spacial score (nSPS) is 11.9. The smallest absolute Gasteiger partial charge is 0.191 e. The van der Waals surface area contributed by atoms with E-state index < -0.39 is 0 Å². The lowest BCUT2D eigenvalue weighted by molar-refractivity contribution is 0.489. The Balaban J connectivity index is 2.67. The number of nitrogens with two attached hydrogens (primary N) is 1. The van der Waals surface area contributed by atoms with Crippen LogP contribution in [0.4, 0.5) is 0 Å². The Morgan fingerprint density at radius 3 is 2.75 bits per heavy atom. The molecule has 0 amide bonds. The van der Waals surface area contributed by atoms with Crippen LogP contribution in [0.1, 0.15) is 19.4 Å². The summed E-state index contributed by atoms with van der Waals surface area (Å²) in [6, 6.07) is 8.41. The van der Waals surface area contributed by atoms with Crippen molar-refractivity contribution in [1.29, 1.82) is 0 Å². The lowest BCUT2D eigenvalue weighted by atomic mass is 10.2. The fourth-order valence-corrected chi connectivity index (χ4v) is 1.80. The Morgan fingerprint density at radius 2 is 2.19 bits per heavy atom. The van der Waals surface area contributed by atoms with Gasteiger partial charge >= 0.3 is 0 Å². The molecule has 16 heavy (non-hydrogen) atoms. The van der Waals surface area contributed by atoms with Gasteiger partial charge in [-0.3, -0.25) is 4.99 Å². The first kappa shape index (κ1) is 13.0. The summed E-state index contributed by atoms with van der Waals surface area (Å²) in [4.78, 5) is 6.25. The van der Waals surface area contributed by atoms with Crippen molar-refractivity contribution in [2.24, 2.45) is 10.7 Å². The van der Waals surface area contributed by atoms with E-state index >= 15 is 0 Å². The number of benzene rings is 1. The summed E-state index contributed by atoms with van der Waals surface area (Å²) in [5, 5.41) is 0. The minimum atomic E-state index is 0.227. The molecule has 0 saturated carbocycles. The number of halogens is 1. The van der Waals surface area contributed by atoms with Crippen molar-refractivity contribution in [1.82, 2.24) is 4.90 Å². The van der Waals surface area contributed by atoms with Gasteiger partial charge in [-0.05, 0) is 31.5 Å². The quantitative estimate of drug-likeness (QED) is 0.684. The number of guanidine groups is 1. The van der Waals surface area contributed by atoms with Crippen molar-refractivity contribution < 1.29 is 0 Å². The molecule has 0 unspecified atom stereocenters. The molecule has 0 aliphatic carbocycles. The van der Waals surface area contributed by atoms with Crippen LogP contribution in [0.3, 0.4) is 0 Å². The van der Waals surface area contributed by atoms with Crippen LogP contribution in [0.15, 0.2) is 33.7 Å². The molecular weight excluding hydrogens is 266 g/mol. The van der Waals surface area contributed by atoms with Gasteiger partial charge in [-0.25, -0.2) is 0 Å². The van der Waals surface area contributed by atoms with Crippen LogP contribution in [0.5, 0.6) is 0 Å². The van der Waals surface area contributed by atoms with Crippen molar-refractivity contribution >= 4 is 21.9 Å². The highest BCUT2D eigenvalue weighted by molar-refractivity contribution is 9.10. The second-order valence-corrected chi connectivity index (χ2v) is 4.98. The molecule has 1 aromatic rings. The molecule has 3 nitrogen and oxygen atoms in total. The van der Waals surface area contributed by atoms with E-state index in [0.717, 1.165) is 11.0 Å². The topological polar surface area (TPSA) is 41.6 Å². The van der Waals surface area contributed by atoms with Crippen molar-refractivity contribution in [2.75, 3.05) is 7.05 Å². The molecule has 0 atom stereocenters. The maximum absolute atomic E-state index is 5.87. The van der Waals surface area contributed by atoms with Crippen LogP contribution < -0.4 is 5.73 Å². The minimum absolute atomic E-state index is 0.227. The van der Waals surface area contributed by atoms with E-state index in [2.05, 4.69) is 33.1 Å². The second-order valence-electron chi connectivity index (χ2n) is 4.07. The van der Waals surface area contributed by atoms with E-state index in [1.54, 1.807) is 0 Å². The summed E-state index contributed by atoms with van der Waals surface area (Å²) in [5.41, 5.74) is 7.08. The molecule has 4 heteroatoms. The Kier molecular flexibility index (Phi) is 4.80. The molecule has 0 fully saturated rings. The van der Waals surface area contributed by atoms with Crippen molar-refractivity contribution in [3.63, 3.8) is 0 Å². The van der Waals surface area contributed by atoms with Crippen molar-refractivity contribution in [2.45, 2.75) is 26.4 Å². The van der Waals surface area contributed by atoms with Crippen LogP contribution in [0.2, 0.25) is 0 Å². The molecule has 0 radical (unpaired) electrons. The Hall–Kier alpha value is -1.03. The highest BCUT2D eigenvalue weighted by Crippen LogP contribution is 2.12. The first-order valence-electron chi connectivity index (χ1n) is 5.28. The molecule has 1 rings (SSSR count). The predicted octanol–water partition coefficient (Wildman–Crippen LogP) is 2.60. The lowest BCUT2D eigenvalue weighted by Gasteiger charge is -2.19. The maximum atomic E-state index is 5.87. The van der Waals surface area contributed by atoms with Gasteiger partial charge in [0.05, 0.1) is 0 Å². The summed E-state index contributed by atoms with van der Waals surface area (Å²) < 4.78 is 1.08. The molecular formula is C12H18BrN3. The highest BCUT2D eigenvalue weighted by atomic mass is 79.9. The van der Waals surface area contributed by atoms with E-state index in [0.29, 0.717) is 5.96 Å². The van der Waals surface area contributed by atoms with Crippen LogP contribution in [-0.4, -0.2) is 23.9 Å². The zero-order valence-corrected chi connectivity index (χ0v) is 11.5. The summed E-state index contributed by atoms with van der Waals surface area (Å²) in [5.74, 6) is 0.579. The van der Waals surface area contributed by atoms with Gasteiger partial charge in [0.1, 0.15) is 0 Å². The number of nitrogens with zero attached hydrogens (tertiary/aromatic N) is 2. The van der Waals surface area contributed by atoms with Gasteiger partial charge in [-0.15, -0.1) is 0 Å². The lowest BCUT2D eigenvalue weighted by Crippen LogP contribution is -2.34. The molecule has 0 bridgehead atoms. The highest BCUT2D eigenvalue weighted by Gasteiger charge is 2.04. The number of rotatable bonds is 3. The Bertz CT molecular complexity index is 374. The van der Waals surface area contributed by atoms with E-state index in [4.69, 9.17) is 5.73 Å². The first-order valence-corrected chi connectivity index (χ1v) is 6.07. The third-order valence-corrected chi connectivity index (χ3v) is 2.58. The molecule has 88 valence electrons. The molecule has 0 saturated heterocycles. The van der Waals surface area contributed by atoms with Gasteiger partial charge in [0.25, 0.3) is 0 Å². The zero-order valence-electron chi connectivity index (χ0n) is 9.94. The molecule has 1 aromatic carbocycles. The van der Waals surface area contributed by atoms with Gasteiger partial charge in [-0.1, -0.05) is 28.1 Å². The number of aliphatic imine (C=N–C) groups is 1. The Labute approximate surface area is 105 Å². The number of hydrogen-bond donors (Lipinski definition) is 1. The molecule has 0 aliphatic heterocycles. The fraction of sp³-hybridized carbons (Fsp3) is 0.417. The van der Waals surface area contributed by atoms with Gasteiger partial charge in [0, 0.05) is 24.1 Å². The first-order chi connectivity index (χ1) is 7.49. The van der Waals surface area contributed by atoms with E-state index in [-0.39, 0.29) is 6.04 Å². The maximum Gasteiger partial charge on any atom is 0.191 e. The summed E-state index contributed by atoms with van der Waals surface area (Å²) >= 11 is 3.45. The molecule has 2 N–H and O–H groups in total. The summed E-state index contributed by atoms with van der Waals surface area (Å²) in [6.45, 7) is 4.79. The summed E-state index contributed by atoms with van der Waals surface area (Å²) in [7, 11) is 1.95. The molecule has 0 spiro atoms. The van der Waals surface area contributed by atoms with Gasteiger partial charge in [0.2, 0.25) is 0 Å². The van der Waals surface area contributed by atoms with Gasteiger partial charge < -0.3 is 10.6 Å². The molecule has 0 heterocycles. The van der Waals surface area contributed by atoms with Crippen molar-refractivity contribution in [3.05, 3.63) is 34.3 Å². The van der Waals surface area contributed by atoms with Crippen LogP contribution in [-0.2, 0) is 6.54 Å². The van der Waals surface area contributed by atoms with Crippen LogP contribution >= 0.6 is 15.9 Å². The van der Waals surface area contributed by atoms with Gasteiger partial charge in [-0.2, -0.15) is 0 Å². The third-order valence-electron chi connectivity index (χ3n) is 2.09. The summed E-state index contributed by atoms with van der Waals surface area (Å²) in [6.07, 6.45) is 0. The standard InChI is InChI=1S/C12H18BrN3/c1-9(2)15-12(14)16(3)8-10-5-4-6-11(13)7-10/h4-7,9H,8H2,1-3H3,(H2,14,15). The van der Waals surface area contributed by atoms with E-state index in [9.17, 15) is 0 Å².